The molecule has 0 radical (unpaired) electrons. The van der Waals surface area contributed by atoms with Crippen LogP contribution in [0.25, 0.3) is 11.3 Å². The first-order valence-electron chi connectivity index (χ1n) is 4.88. The predicted molar refractivity (Wildman–Crippen MR) is 61.9 cm³/mol. The number of rotatable bonds is 2. The van der Waals surface area contributed by atoms with Crippen LogP contribution in [0.5, 0.6) is 0 Å². The molecule has 76 valence electrons. The van der Waals surface area contributed by atoms with Crippen molar-refractivity contribution in [3.05, 3.63) is 47.4 Å². The molecule has 0 amide bonds. The Morgan fingerprint density at radius 3 is 2.73 bits per heavy atom. The standard InChI is InChI=1S/C12H11ClN2/c1-2-9-5-3-4-6-10(9)11-7-8-14-12(13)15-11/h3-8H,2H2,1H3. The van der Waals surface area contributed by atoms with Crippen molar-refractivity contribution in [3.8, 4) is 11.3 Å². The molecule has 15 heavy (non-hydrogen) atoms. The molecule has 2 aromatic rings. The predicted octanol–water partition coefficient (Wildman–Crippen LogP) is 3.36. The van der Waals surface area contributed by atoms with Gasteiger partial charge in [0.25, 0.3) is 0 Å². The zero-order valence-electron chi connectivity index (χ0n) is 8.44. The van der Waals surface area contributed by atoms with Crippen LogP contribution in [0.1, 0.15) is 12.5 Å². The second-order valence-electron chi connectivity index (χ2n) is 3.22. The average molecular weight is 219 g/mol. The lowest BCUT2D eigenvalue weighted by Gasteiger charge is -2.06. The smallest absolute Gasteiger partial charge is 0.222 e. The molecular weight excluding hydrogens is 208 g/mol. The van der Waals surface area contributed by atoms with Crippen molar-refractivity contribution in [1.29, 1.82) is 0 Å². The summed E-state index contributed by atoms with van der Waals surface area (Å²) in [5, 5.41) is 0.290. The van der Waals surface area contributed by atoms with Gasteiger partial charge in [-0.2, -0.15) is 0 Å². The van der Waals surface area contributed by atoms with Crippen LogP contribution in [-0.2, 0) is 6.42 Å². The van der Waals surface area contributed by atoms with E-state index < -0.39 is 0 Å². The van der Waals surface area contributed by atoms with Gasteiger partial charge in [-0.15, -0.1) is 0 Å². The molecule has 0 saturated heterocycles. The lowest BCUT2D eigenvalue weighted by molar-refractivity contribution is 1.12. The third-order valence-corrected chi connectivity index (χ3v) is 2.48. The molecule has 1 aromatic carbocycles. The Balaban J connectivity index is 2.53. The van der Waals surface area contributed by atoms with Gasteiger partial charge < -0.3 is 0 Å². The lowest BCUT2D eigenvalue weighted by atomic mass is 10.0. The van der Waals surface area contributed by atoms with E-state index in [4.69, 9.17) is 11.6 Å². The zero-order valence-corrected chi connectivity index (χ0v) is 9.20. The Labute approximate surface area is 94.0 Å². The summed E-state index contributed by atoms with van der Waals surface area (Å²) >= 11 is 5.77. The molecule has 0 N–H and O–H groups in total. The fourth-order valence-corrected chi connectivity index (χ4v) is 1.71. The van der Waals surface area contributed by atoms with Gasteiger partial charge >= 0.3 is 0 Å². The first kappa shape index (κ1) is 10.1. The van der Waals surface area contributed by atoms with Gasteiger partial charge in [0.1, 0.15) is 0 Å². The number of benzene rings is 1. The van der Waals surface area contributed by atoms with Gasteiger partial charge in [0.05, 0.1) is 5.69 Å². The highest BCUT2D eigenvalue weighted by Gasteiger charge is 2.04. The van der Waals surface area contributed by atoms with Gasteiger partial charge in [-0.3, -0.25) is 0 Å². The first-order chi connectivity index (χ1) is 7.31. The van der Waals surface area contributed by atoms with E-state index in [1.165, 1.54) is 5.56 Å². The largest absolute Gasteiger partial charge is 0.226 e. The molecular formula is C12H11ClN2. The van der Waals surface area contributed by atoms with E-state index in [1.54, 1.807) is 6.20 Å². The molecule has 0 aliphatic heterocycles. The molecule has 0 saturated carbocycles. The van der Waals surface area contributed by atoms with Gasteiger partial charge in [0, 0.05) is 11.8 Å². The molecule has 2 nitrogen and oxygen atoms in total. The molecule has 0 aliphatic rings. The van der Waals surface area contributed by atoms with Crippen LogP contribution in [0, 0.1) is 0 Å². The number of aryl methyl sites for hydroxylation is 1. The second kappa shape index (κ2) is 4.41. The molecule has 0 spiro atoms. The molecule has 0 unspecified atom stereocenters. The number of hydrogen-bond donors (Lipinski definition) is 0. The first-order valence-corrected chi connectivity index (χ1v) is 5.26. The monoisotopic (exact) mass is 218 g/mol. The Morgan fingerprint density at radius 2 is 2.00 bits per heavy atom. The highest BCUT2D eigenvalue weighted by atomic mass is 35.5. The zero-order chi connectivity index (χ0) is 10.7. The minimum absolute atomic E-state index is 0.290. The Morgan fingerprint density at radius 1 is 1.20 bits per heavy atom. The quantitative estimate of drug-likeness (QED) is 0.723. The third-order valence-electron chi connectivity index (χ3n) is 2.30. The van der Waals surface area contributed by atoms with Gasteiger partial charge in [0.2, 0.25) is 5.28 Å². The van der Waals surface area contributed by atoms with E-state index in [2.05, 4.69) is 29.0 Å². The second-order valence-corrected chi connectivity index (χ2v) is 3.56. The molecule has 1 aromatic heterocycles. The molecule has 0 atom stereocenters. The number of nitrogens with zero attached hydrogens (tertiary/aromatic N) is 2. The van der Waals surface area contributed by atoms with Crippen molar-refractivity contribution < 1.29 is 0 Å². The lowest BCUT2D eigenvalue weighted by Crippen LogP contribution is -1.91. The van der Waals surface area contributed by atoms with Gasteiger partial charge in [-0.25, -0.2) is 9.97 Å². The molecule has 2 rings (SSSR count). The van der Waals surface area contributed by atoms with Crippen molar-refractivity contribution in [1.82, 2.24) is 9.97 Å². The maximum absolute atomic E-state index is 5.77. The number of aromatic nitrogens is 2. The van der Waals surface area contributed by atoms with Crippen LogP contribution in [-0.4, -0.2) is 9.97 Å². The Hall–Kier alpha value is -1.41. The molecule has 0 bridgehead atoms. The van der Waals surface area contributed by atoms with Crippen LogP contribution >= 0.6 is 11.6 Å². The van der Waals surface area contributed by atoms with E-state index in [1.807, 2.05) is 18.2 Å². The highest BCUT2D eigenvalue weighted by molar-refractivity contribution is 6.28. The summed E-state index contributed by atoms with van der Waals surface area (Å²) in [6.45, 7) is 2.13. The summed E-state index contributed by atoms with van der Waals surface area (Å²) in [6.07, 6.45) is 2.66. The minimum Gasteiger partial charge on any atom is -0.226 e. The SMILES string of the molecule is CCc1ccccc1-c1ccnc(Cl)n1. The molecule has 0 fully saturated rings. The van der Waals surface area contributed by atoms with Crippen LogP contribution in [0.2, 0.25) is 5.28 Å². The van der Waals surface area contributed by atoms with E-state index in [0.717, 1.165) is 17.7 Å². The minimum atomic E-state index is 0.290. The van der Waals surface area contributed by atoms with E-state index in [0.29, 0.717) is 5.28 Å². The Kier molecular flexibility index (Phi) is 2.97. The summed E-state index contributed by atoms with van der Waals surface area (Å²) in [6, 6.07) is 10.1. The topological polar surface area (TPSA) is 25.8 Å². The number of halogens is 1. The summed E-state index contributed by atoms with van der Waals surface area (Å²) in [5.41, 5.74) is 3.28. The van der Waals surface area contributed by atoms with Crippen molar-refractivity contribution in [2.24, 2.45) is 0 Å². The normalized spacial score (nSPS) is 10.3. The van der Waals surface area contributed by atoms with E-state index >= 15 is 0 Å². The van der Waals surface area contributed by atoms with Crippen molar-refractivity contribution in [2.45, 2.75) is 13.3 Å². The summed E-state index contributed by atoms with van der Waals surface area (Å²) in [4.78, 5) is 8.08. The Bertz CT molecular complexity index is 469. The third kappa shape index (κ3) is 2.16. The maximum Gasteiger partial charge on any atom is 0.222 e. The summed E-state index contributed by atoms with van der Waals surface area (Å²) < 4.78 is 0. The van der Waals surface area contributed by atoms with Crippen molar-refractivity contribution >= 4 is 11.6 Å². The maximum atomic E-state index is 5.77. The molecule has 0 aliphatic carbocycles. The van der Waals surface area contributed by atoms with E-state index in [-0.39, 0.29) is 0 Å². The summed E-state index contributed by atoms with van der Waals surface area (Å²) in [5.74, 6) is 0. The molecule has 3 heteroatoms. The van der Waals surface area contributed by atoms with Gasteiger partial charge in [0.15, 0.2) is 0 Å². The van der Waals surface area contributed by atoms with Crippen LogP contribution < -0.4 is 0 Å². The highest BCUT2D eigenvalue weighted by Crippen LogP contribution is 2.22. The van der Waals surface area contributed by atoms with Crippen LogP contribution in [0.3, 0.4) is 0 Å². The van der Waals surface area contributed by atoms with Crippen LogP contribution in [0.4, 0.5) is 0 Å². The van der Waals surface area contributed by atoms with Gasteiger partial charge in [-0.1, -0.05) is 31.2 Å². The number of hydrogen-bond acceptors (Lipinski definition) is 2. The fourth-order valence-electron chi connectivity index (χ4n) is 1.56. The van der Waals surface area contributed by atoms with Crippen molar-refractivity contribution in [2.75, 3.05) is 0 Å². The average Bonchev–Trinajstić information content (AvgIpc) is 2.29. The van der Waals surface area contributed by atoms with E-state index in [9.17, 15) is 0 Å². The fraction of sp³-hybridized carbons (Fsp3) is 0.167. The van der Waals surface area contributed by atoms with Crippen molar-refractivity contribution in [3.63, 3.8) is 0 Å². The van der Waals surface area contributed by atoms with Crippen LogP contribution in [0.15, 0.2) is 36.5 Å². The molecule has 1 heterocycles. The summed E-state index contributed by atoms with van der Waals surface area (Å²) in [7, 11) is 0. The van der Waals surface area contributed by atoms with Gasteiger partial charge in [-0.05, 0) is 29.7 Å².